The zero-order valence-electron chi connectivity index (χ0n) is 12.2. The van der Waals surface area contributed by atoms with Crippen LogP contribution in [-0.2, 0) is 16.1 Å². The van der Waals surface area contributed by atoms with Crippen molar-refractivity contribution in [3.05, 3.63) is 35.9 Å². The standard InChI is InChI=1S/C15H21NO6/c1-9(18)16(7-10-5-3-2-4-6-10)12-14(20)13(19)11(8-17)22-15(12)21/h2-6,11-15,17,19-21H,7-8H2,1H3/t11-,12-,13-,14-,15-/m1/s1. The van der Waals surface area contributed by atoms with Crippen LogP contribution in [0.3, 0.4) is 0 Å². The van der Waals surface area contributed by atoms with E-state index in [4.69, 9.17) is 9.84 Å². The van der Waals surface area contributed by atoms with Gasteiger partial charge in [0.25, 0.3) is 0 Å². The second-order valence-corrected chi connectivity index (χ2v) is 5.35. The van der Waals surface area contributed by atoms with Gasteiger partial charge in [-0.2, -0.15) is 0 Å². The van der Waals surface area contributed by atoms with Gasteiger partial charge in [-0.15, -0.1) is 0 Å². The maximum Gasteiger partial charge on any atom is 0.220 e. The van der Waals surface area contributed by atoms with Crippen molar-refractivity contribution >= 4 is 5.91 Å². The molecule has 0 unspecified atom stereocenters. The van der Waals surface area contributed by atoms with Gasteiger partial charge >= 0.3 is 0 Å². The van der Waals surface area contributed by atoms with E-state index >= 15 is 0 Å². The van der Waals surface area contributed by atoms with E-state index in [9.17, 15) is 20.1 Å². The number of carbonyl (C=O) groups is 1. The summed E-state index contributed by atoms with van der Waals surface area (Å²) in [6.45, 7) is 0.933. The molecule has 5 atom stereocenters. The Morgan fingerprint density at radius 3 is 2.36 bits per heavy atom. The van der Waals surface area contributed by atoms with E-state index in [-0.39, 0.29) is 12.5 Å². The molecular weight excluding hydrogens is 290 g/mol. The van der Waals surface area contributed by atoms with Crippen LogP contribution < -0.4 is 0 Å². The Kier molecular flexibility index (Phi) is 5.49. The number of rotatable bonds is 4. The van der Waals surface area contributed by atoms with Gasteiger partial charge in [-0.3, -0.25) is 4.79 Å². The molecule has 122 valence electrons. The van der Waals surface area contributed by atoms with Gasteiger partial charge in [0.05, 0.1) is 6.61 Å². The average Bonchev–Trinajstić information content (AvgIpc) is 2.50. The van der Waals surface area contributed by atoms with Gasteiger partial charge in [0.1, 0.15) is 24.4 Å². The minimum absolute atomic E-state index is 0.162. The molecule has 2 rings (SSSR count). The Balaban J connectivity index is 2.22. The smallest absolute Gasteiger partial charge is 0.220 e. The normalized spacial score (nSPS) is 31.8. The molecule has 7 heteroatoms. The Bertz CT molecular complexity index is 496. The maximum atomic E-state index is 11.9. The molecule has 22 heavy (non-hydrogen) atoms. The van der Waals surface area contributed by atoms with Gasteiger partial charge in [0.2, 0.25) is 5.91 Å². The van der Waals surface area contributed by atoms with Gasteiger partial charge in [-0.1, -0.05) is 30.3 Å². The second kappa shape index (κ2) is 7.17. The first-order valence-electron chi connectivity index (χ1n) is 7.07. The third-order valence-electron chi connectivity index (χ3n) is 3.83. The largest absolute Gasteiger partial charge is 0.394 e. The summed E-state index contributed by atoms with van der Waals surface area (Å²) in [6, 6.07) is 7.97. The molecule has 1 aromatic rings. The molecule has 7 nitrogen and oxygen atoms in total. The summed E-state index contributed by atoms with van der Waals surface area (Å²) in [5, 5.41) is 39.3. The number of ether oxygens (including phenoxy) is 1. The van der Waals surface area contributed by atoms with Crippen LogP contribution in [0.15, 0.2) is 30.3 Å². The number of amides is 1. The zero-order valence-corrected chi connectivity index (χ0v) is 12.2. The third kappa shape index (κ3) is 3.45. The van der Waals surface area contributed by atoms with Crippen LogP contribution in [0.2, 0.25) is 0 Å². The first-order chi connectivity index (χ1) is 10.5. The number of aliphatic hydroxyl groups excluding tert-OH is 4. The summed E-state index contributed by atoms with van der Waals surface area (Å²) in [4.78, 5) is 13.2. The molecule has 0 radical (unpaired) electrons. The van der Waals surface area contributed by atoms with Gasteiger partial charge in [0, 0.05) is 13.5 Å². The van der Waals surface area contributed by atoms with E-state index in [2.05, 4.69) is 0 Å². The van der Waals surface area contributed by atoms with E-state index in [1.807, 2.05) is 30.3 Å². The van der Waals surface area contributed by atoms with E-state index in [0.29, 0.717) is 0 Å². The summed E-state index contributed by atoms with van der Waals surface area (Å²) in [7, 11) is 0. The predicted octanol–water partition coefficient (Wildman–Crippen LogP) is -1.17. The second-order valence-electron chi connectivity index (χ2n) is 5.35. The summed E-state index contributed by atoms with van der Waals surface area (Å²) in [6.07, 6.45) is -5.40. The minimum Gasteiger partial charge on any atom is -0.394 e. The molecule has 1 heterocycles. The van der Waals surface area contributed by atoms with Gasteiger partial charge in [-0.05, 0) is 5.56 Å². The molecule has 0 aromatic heterocycles. The zero-order chi connectivity index (χ0) is 16.3. The summed E-state index contributed by atoms with van der Waals surface area (Å²) in [5.41, 5.74) is 0.816. The van der Waals surface area contributed by atoms with Crippen LogP contribution in [-0.4, -0.2) is 68.5 Å². The summed E-state index contributed by atoms with van der Waals surface area (Å²) in [5.74, 6) is -0.370. The van der Waals surface area contributed by atoms with E-state index in [0.717, 1.165) is 5.56 Å². The lowest BCUT2D eigenvalue weighted by Gasteiger charge is -2.44. The molecule has 1 amide bonds. The highest BCUT2D eigenvalue weighted by Crippen LogP contribution is 2.25. The van der Waals surface area contributed by atoms with Crippen molar-refractivity contribution < 1.29 is 30.0 Å². The van der Waals surface area contributed by atoms with E-state index < -0.39 is 37.3 Å². The highest BCUT2D eigenvalue weighted by molar-refractivity contribution is 5.73. The predicted molar refractivity (Wildman–Crippen MR) is 76.4 cm³/mol. The lowest BCUT2D eigenvalue weighted by atomic mass is 9.95. The van der Waals surface area contributed by atoms with Crippen molar-refractivity contribution in [3.8, 4) is 0 Å². The van der Waals surface area contributed by atoms with Gasteiger partial charge in [-0.25, -0.2) is 0 Å². The fraction of sp³-hybridized carbons (Fsp3) is 0.533. The van der Waals surface area contributed by atoms with Crippen LogP contribution >= 0.6 is 0 Å². The van der Waals surface area contributed by atoms with Crippen LogP contribution in [0.5, 0.6) is 0 Å². The molecular formula is C15H21NO6. The fourth-order valence-electron chi connectivity index (χ4n) is 2.63. The summed E-state index contributed by atoms with van der Waals surface area (Å²) >= 11 is 0. The number of aliphatic hydroxyl groups is 4. The lowest BCUT2D eigenvalue weighted by Crippen LogP contribution is -2.64. The molecule has 0 saturated carbocycles. The Morgan fingerprint density at radius 1 is 1.18 bits per heavy atom. The Morgan fingerprint density at radius 2 is 1.82 bits per heavy atom. The van der Waals surface area contributed by atoms with Crippen molar-refractivity contribution in [2.75, 3.05) is 6.61 Å². The van der Waals surface area contributed by atoms with Crippen molar-refractivity contribution in [3.63, 3.8) is 0 Å². The van der Waals surface area contributed by atoms with Crippen LogP contribution in [0.25, 0.3) is 0 Å². The lowest BCUT2D eigenvalue weighted by molar-refractivity contribution is -0.271. The quantitative estimate of drug-likeness (QED) is 0.558. The Hall–Kier alpha value is -1.51. The fourth-order valence-corrected chi connectivity index (χ4v) is 2.63. The number of hydrogen-bond donors (Lipinski definition) is 4. The highest BCUT2D eigenvalue weighted by Gasteiger charge is 2.47. The first-order valence-corrected chi connectivity index (χ1v) is 7.07. The van der Waals surface area contributed by atoms with Crippen LogP contribution in [0, 0.1) is 0 Å². The molecule has 1 saturated heterocycles. The molecule has 1 fully saturated rings. The Labute approximate surface area is 128 Å². The molecule has 0 spiro atoms. The van der Waals surface area contributed by atoms with Crippen molar-refractivity contribution in [1.29, 1.82) is 0 Å². The molecule has 0 aliphatic carbocycles. The molecule has 1 aliphatic heterocycles. The van der Waals surface area contributed by atoms with Crippen LogP contribution in [0.4, 0.5) is 0 Å². The summed E-state index contributed by atoms with van der Waals surface area (Å²) < 4.78 is 5.10. The van der Waals surface area contributed by atoms with E-state index in [1.165, 1.54) is 11.8 Å². The van der Waals surface area contributed by atoms with Crippen molar-refractivity contribution in [1.82, 2.24) is 4.90 Å². The monoisotopic (exact) mass is 311 g/mol. The highest BCUT2D eigenvalue weighted by atomic mass is 16.6. The average molecular weight is 311 g/mol. The molecule has 0 bridgehead atoms. The topological polar surface area (TPSA) is 110 Å². The van der Waals surface area contributed by atoms with E-state index in [1.54, 1.807) is 0 Å². The SMILES string of the molecule is CC(=O)N(Cc1ccccc1)[C@@H]1[C@@H](O)[C@H](O)[C@@H](CO)O[C@H]1O. The van der Waals surface area contributed by atoms with Crippen molar-refractivity contribution in [2.24, 2.45) is 0 Å². The number of nitrogens with zero attached hydrogens (tertiary/aromatic N) is 1. The molecule has 1 aromatic carbocycles. The molecule has 4 N–H and O–H groups in total. The minimum atomic E-state index is -1.50. The number of hydrogen-bond acceptors (Lipinski definition) is 6. The third-order valence-corrected chi connectivity index (χ3v) is 3.83. The van der Waals surface area contributed by atoms with Crippen molar-refractivity contribution in [2.45, 2.75) is 44.1 Å². The van der Waals surface area contributed by atoms with Gasteiger partial charge in [0.15, 0.2) is 6.29 Å². The van der Waals surface area contributed by atoms with Gasteiger partial charge < -0.3 is 30.1 Å². The number of carbonyl (C=O) groups excluding carboxylic acids is 1. The first kappa shape index (κ1) is 16.9. The maximum absolute atomic E-state index is 11.9. The number of benzene rings is 1. The molecule has 1 aliphatic rings. The van der Waals surface area contributed by atoms with Crippen LogP contribution in [0.1, 0.15) is 12.5 Å².